The number of nitrogens with two attached hydrogens (primary N) is 1. The van der Waals surface area contributed by atoms with Crippen LogP contribution in [0.3, 0.4) is 0 Å². The summed E-state index contributed by atoms with van der Waals surface area (Å²) in [5.41, 5.74) is 4.75. The number of hydrogen-bond acceptors (Lipinski definition) is 8. The van der Waals surface area contributed by atoms with E-state index in [0.29, 0.717) is 11.5 Å². The molecular weight excluding hydrogens is 320 g/mol. The van der Waals surface area contributed by atoms with Crippen molar-refractivity contribution in [2.24, 2.45) is 5.73 Å². The van der Waals surface area contributed by atoms with E-state index in [1.807, 2.05) is 0 Å². The Morgan fingerprint density at radius 2 is 2.17 bits per heavy atom. The van der Waals surface area contributed by atoms with Crippen molar-refractivity contribution in [3.63, 3.8) is 0 Å². The van der Waals surface area contributed by atoms with Crippen LogP contribution in [0.25, 0.3) is 0 Å². The molecule has 2 aromatic rings. The average molecular weight is 334 g/mol. The summed E-state index contributed by atoms with van der Waals surface area (Å²) in [6.45, 7) is 1.59. The first kappa shape index (κ1) is 16.9. The van der Waals surface area contributed by atoms with Crippen LogP contribution in [0.4, 0.5) is 11.5 Å². The molecule has 0 aromatic carbocycles. The summed E-state index contributed by atoms with van der Waals surface area (Å²) in [6.07, 6.45) is 0. The number of ether oxygens (including phenoxy) is 1. The van der Waals surface area contributed by atoms with Crippen LogP contribution >= 0.6 is 0 Å². The van der Waals surface area contributed by atoms with Gasteiger partial charge < -0.3 is 20.2 Å². The molecule has 126 valence electrons. The molecule has 0 bridgehead atoms. The van der Waals surface area contributed by atoms with E-state index in [4.69, 9.17) is 10.2 Å². The lowest BCUT2D eigenvalue weighted by Crippen LogP contribution is -2.12. The van der Waals surface area contributed by atoms with Gasteiger partial charge in [-0.05, 0) is 25.1 Å². The van der Waals surface area contributed by atoms with Crippen molar-refractivity contribution in [1.29, 1.82) is 0 Å². The van der Waals surface area contributed by atoms with Crippen molar-refractivity contribution in [2.75, 3.05) is 12.4 Å². The van der Waals surface area contributed by atoms with E-state index in [1.54, 1.807) is 6.92 Å². The molecule has 0 atom stereocenters. The SMILES string of the molecule is COC(=O)c1cc(C)nc(NCc2ccc(C(N)=O)o2)c1[N+](=O)[O-]. The van der Waals surface area contributed by atoms with Crippen LogP contribution < -0.4 is 11.1 Å². The maximum Gasteiger partial charge on any atom is 0.345 e. The summed E-state index contributed by atoms with van der Waals surface area (Å²) in [7, 11) is 1.13. The highest BCUT2D eigenvalue weighted by atomic mass is 16.6. The minimum Gasteiger partial charge on any atom is -0.465 e. The topological polar surface area (TPSA) is 151 Å². The molecule has 0 aliphatic rings. The maximum atomic E-state index is 11.7. The van der Waals surface area contributed by atoms with Gasteiger partial charge in [-0.1, -0.05) is 0 Å². The molecule has 0 saturated carbocycles. The van der Waals surface area contributed by atoms with Gasteiger partial charge in [0.1, 0.15) is 11.3 Å². The number of furan rings is 1. The van der Waals surface area contributed by atoms with Crippen LogP contribution in [-0.2, 0) is 11.3 Å². The quantitative estimate of drug-likeness (QED) is 0.457. The largest absolute Gasteiger partial charge is 0.465 e. The van der Waals surface area contributed by atoms with Crippen LogP contribution in [0.5, 0.6) is 0 Å². The van der Waals surface area contributed by atoms with Gasteiger partial charge in [-0.2, -0.15) is 0 Å². The van der Waals surface area contributed by atoms with Crippen LogP contribution in [0.1, 0.15) is 32.4 Å². The van der Waals surface area contributed by atoms with E-state index in [2.05, 4.69) is 15.0 Å². The molecule has 10 heteroatoms. The number of primary amides is 1. The minimum absolute atomic E-state index is 0.00514. The predicted molar refractivity (Wildman–Crippen MR) is 81.5 cm³/mol. The number of nitrogens with zero attached hydrogens (tertiary/aromatic N) is 2. The third kappa shape index (κ3) is 3.48. The molecule has 0 saturated heterocycles. The summed E-state index contributed by atoms with van der Waals surface area (Å²) in [4.78, 5) is 37.4. The standard InChI is InChI=1S/C14H14N4O6/c1-7-5-9(14(20)23-2)11(18(21)22)13(17-7)16-6-8-3-4-10(24-8)12(15)19/h3-5H,6H2,1-2H3,(H2,15,19)(H,16,17). The highest BCUT2D eigenvalue weighted by molar-refractivity contribution is 5.96. The summed E-state index contributed by atoms with van der Waals surface area (Å²) in [5, 5.41) is 14.0. The summed E-state index contributed by atoms with van der Waals surface area (Å²) >= 11 is 0. The number of esters is 1. The fourth-order valence-corrected chi connectivity index (χ4v) is 2.02. The van der Waals surface area contributed by atoms with Crippen LogP contribution in [0.15, 0.2) is 22.6 Å². The Kier molecular flexibility index (Phi) is 4.78. The van der Waals surface area contributed by atoms with Gasteiger partial charge in [0.05, 0.1) is 18.6 Å². The fraction of sp³-hybridized carbons (Fsp3) is 0.214. The number of rotatable bonds is 6. The smallest absolute Gasteiger partial charge is 0.345 e. The predicted octanol–water partition coefficient (Wildman–Crippen LogP) is 1.39. The third-order valence-corrected chi connectivity index (χ3v) is 3.04. The van der Waals surface area contributed by atoms with Crippen molar-refractivity contribution in [2.45, 2.75) is 13.5 Å². The Labute approximate surface area is 135 Å². The number of pyridine rings is 1. The number of carbonyl (C=O) groups excluding carboxylic acids is 2. The van der Waals surface area contributed by atoms with Crippen molar-refractivity contribution < 1.29 is 23.7 Å². The summed E-state index contributed by atoms with van der Waals surface area (Å²) < 4.78 is 9.73. The zero-order valence-corrected chi connectivity index (χ0v) is 12.9. The number of hydrogen-bond donors (Lipinski definition) is 2. The normalized spacial score (nSPS) is 10.2. The zero-order valence-electron chi connectivity index (χ0n) is 12.9. The number of nitrogens with one attached hydrogen (secondary N) is 1. The molecule has 0 aliphatic heterocycles. The van der Waals surface area contributed by atoms with Gasteiger partial charge >= 0.3 is 11.7 Å². The molecule has 2 aromatic heterocycles. The lowest BCUT2D eigenvalue weighted by molar-refractivity contribution is -0.384. The van der Waals surface area contributed by atoms with Gasteiger partial charge in [0.2, 0.25) is 5.82 Å². The number of anilines is 1. The Hall–Kier alpha value is -3.43. The molecule has 2 heterocycles. The monoisotopic (exact) mass is 334 g/mol. The maximum absolute atomic E-state index is 11.7. The van der Waals surface area contributed by atoms with E-state index in [1.165, 1.54) is 18.2 Å². The molecule has 2 rings (SSSR count). The van der Waals surface area contributed by atoms with Crippen molar-refractivity contribution in [3.05, 3.63) is 51.1 Å². The lowest BCUT2D eigenvalue weighted by atomic mass is 10.2. The number of amides is 1. The molecule has 0 spiro atoms. The Morgan fingerprint density at radius 3 is 2.71 bits per heavy atom. The Morgan fingerprint density at radius 1 is 1.46 bits per heavy atom. The van der Waals surface area contributed by atoms with E-state index < -0.39 is 22.5 Å². The van der Waals surface area contributed by atoms with Crippen LogP contribution in [-0.4, -0.2) is 28.9 Å². The van der Waals surface area contributed by atoms with E-state index in [0.717, 1.165) is 7.11 Å². The number of aryl methyl sites for hydroxylation is 1. The second-order valence-corrected chi connectivity index (χ2v) is 4.74. The third-order valence-electron chi connectivity index (χ3n) is 3.04. The van der Waals surface area contributed by atoms with Gasteiger partial charge in [0, 0.05) is 5.69 Å². The van der Waals surface area contributed by atoms with Crippen molar-refractivity contribution in [3.8, 4) is 0 Å². The fourth-order valence-electron chi connectivity index (χ4n) is 2.02. The Bertz CT molecular complexity index is 814. The molecular formula is C14H14N4O6. The average Bonchev–Trinajstić information content (AvgIpc) is 3.00. The number of nitro groups is 1. The second-order valence-electron chi connectivity index (χ2n) is 4.74. The summed E-state index contributed by atoms with van der Waals surface area (Å²) in [5.74, 6) is -1.40. The number of carbonyl (C=O) groups is 2. The molecule has 1 amide bonds. The molecule has 10 nitrogen and oxygen atoms in total. The second kappa shape index (κ2) is 6.77. The van der Waals surface area contributed by atoms with E-state index >= 15 is 0 Å². The molecule has 0 unspecified atom stereocenters. The molecule has 0 aliphatic carbocycles. The molecule has 0 fully saturated rings. The lowest BCUT2D eigenvalue weighted by Gasteiger charge is -2.09. The molecule has 24 heavy (non-hydrogen) atoms. The highest BCUT2D eigenvalue weighted by Gasteiger charge is 2.27. The highest BCUT2D eigenvalue weighted by Crippen LogP contribution is 2.29. The number of aromatic nitrogens is 1. The van der Waals surface area contributed by atoms with Gasteiger partial charge in [-0.3, -0.25) is 14.9 Å². The van der Waals surface area contributed by atoms with Crippen molar-refractivity contribution >= 4 is 23.4 Å². The van der Waals surface area contributed by atoms with Crippen molar-refractivity contribution in [1.82, 2.24) is 4.98 Å². The first-order valence-electron chi connectivity index (χ1n) is 6.70. The summed E-state index contributed by atoms with van der Waals surface area (Å²) in [6, 6.07) is 4.15. The first-order chi connectivity index (χ1) is 11.3. The number of methoxy groups -OCH3 is 1. The Balaban J connectivity index is 2.34. The zero-order chi connectivity index (χ0) is 17.9. The van der Waals surface area contributed by atoms with Gasteiger partial charge in [0.15, 0.2) is 5.76 Å². The molecule has 3 N–H and O–H groups in total. The van der Waals surface area contributed by atoms with E-state index in [-0.39, 0.29) is 23.7 Å². The van der Waals surface area contributed by atoms with Gasteiger partial charge in [-0.15, -0.1) is 0 Å². The van der Waals surface area contributed by atoms with E-state index in [9.17, 15) is 19.7 Å². The van der Waals surface area contributed by atoms with Gasteiger partial charge in [0.25, 0.3) is 5.91 Å². The van der Waals surface area contributed by atoms with Crippen LogP contribution in [0, 0.1) is 17.0 Å². The minimum atomic E-state index is -0.843. The first-order valence-corrected chi connectivity index (χ1v) is 6.70. The van der Waals surface area contributed by atoms with Gasteiger partial charge in [-0.25, -0.2) is 9.78 Å². The van der Waals surface area contributed by atoms with Crippen LogP contribution in [0.2, 0.25) is 0 Å². The molecule has 0 radical (unpaired) electrons.